The third kappa shape index (κ3) is 8.35. The summed E-state index contributed by atoms with van der Waals surface area (Å²) in [7, 11) is -4.07. The topological polar surface area (TPSA) is 119 Å². The average molecular weight is 228 g/mol. The Bertz CT molecular complexity index is 222. The van der Waals surface area contributed by atoms with Crippen molar-refractivity contribution < 1.29 is 23.2 Å². The predicted octanol–water partition coefficient (Wildman–Crippen LogP) is -2.64. The van der Waals surface area contributed by atoms with Crippen LogP contribution in [-0.4, -0.2) is 61.4 Å². The Labute approximate surface area is 82.9 Å². The van der Waals surface area contributed by atoms with Crippen molar-refractivity contribution in [3.8, 4) is 0 Å². The summed E-state index contributed by atoms with van der Waals surface area (Å²) >= 11 is 0. The third-order valence-corrected chi connectivity index (χ3v) is 2.14. The van der Waals surface area contributed by atoms with E-state index in [1.165, 1.54) is 0 Å². The number of nitrogens with one attached hydrogen (secondary N) is 2. The molecule has 0 saturated carbocycles. The van der Waals surface area contributed by atoms with Crippen molar-refractivity contribution >= 4 is 10.1 Å². The van der Waals surface area contributed by atoms with Crippen LogP contribution in [0.25, 0.3) is 0 Å². The second-order valence-electron chi connectivity index (χ2n) is 2.66. The maximum Gasteiger partial charge on any atom is 0.267 e. The minimum Gasteiger partial charge on any atom is -0.395 e. The zero-order valence-electron chi connectivity index (χ0n) is 7.68. The molecule has 0 radical (unpaired) electrons. The molecular formula is C6H16N2O5S. The molecule has 0 amide bonds. The van der Waals surface area contributed by atoms with Crippen LogP contribution < -0.4 is 10.6 Å². The Morgan fingerprint density at radius 3 is 1.79 bits per heavy atom. The molecule has 0 aromatic heterocycles. The lowest BCUT2D eigenvalue weighted by Crippen LogP contribution is -2.48. The highest BCUT2D eigenvalue weighted by atomic mass is 32.2. The molecule has 8 heteroatoms. The quantitative estimate of drug-likeness (QED) is 0.228. The highest BCUT2D eigenvalue weighted by molar-refractivity contribution is 7.85. The van der Waals surface area contributed by atoms with Gasteiger partial charge in [0.15, 0.2) is 0 Å². The lowest BCUT2D eigenvalue weighted by molar-refractivity contribution is 0.262. The predicted molar refractivity (Wildman–Crippen MR) is 50.4 cm³/mol. The van der Waals surface area contributed by atoms with E-state index in [4.69, 9.17) is 14.8 Å². The fourth-order valence-electron chi connectivity index (χ4n) is 0.878. The van der Waals surface area contributed by atoms with Gasteiger partial charge in [0.1, 0.15) is 5.75 Å². The molecule has 0 spiro atoms. The molecule has 0 aromatic rings. The first-order chi connectivity index (χ1) is 6.49. The van der Waals surface area contributed by atoms with Crippen molar-refractivity contribution in [1.82, 2.24) is 10.6 Å². The largest absolute Gasteiger partial charge is 0.395 e. The van der Waals surface area contributed by atoms with Crippen LogP contribution in [0.15, 0.2) is 0 Å². The van der Waals surface area contributed by atoms with Crippen LogP contribution in [0.2, 0.25) is 0 Å². The fraction of sp³-hybridized carbons (Fsp3) is 1.00. The third-order valence-electron chi connectivity index (χ3n) is 1.38. The average Bonchev–Trinajstić information content (AvgIpc) is 2.07. The molecule has 0 aliphatic heterocycles. The zero-order valence-corrected chi connectivity index (χ0v) is 8.50. The summed E-state index contributed by atoms with van der Waals surface area (Å²) in [6, 6.07) is 0. The van der Waals surface area contributed by atoms with Gasteiger partial charge in [0, 0.05) is 13.1 Å². The molecule has 86 valence electrons. The molecular weight excluding hydrogens is 212 g/mol. The minimum absolute atomic E-state index is 0.136. The van der Waals surface area contributed by atoms with Crippen LogP contribution in [0, 0.1) is 0 Å². The second kappa shape index (κ2) is 7.10. The first-order valence-electron chi connectivity index (χ1n) is 4.13. The van der Waals surface area contributed by atoms with E-state index in [0.717, 1.165) is 0 Å². The van der Waals surface area contributed by atoms with E-state index in [9.17, 15) is 8.42 Å². The molecule has 0 rings (SSSR count). The number of hydrogen-bond acceptors (Lipinski definition) is 6. The van der Waals surface area contributed by atoms with Gasteiger partial charge < -0.3 is 10.2 Å². The summed E-state index contributed by atoms with van der Waals surface area (Å²) in [6.07, 6.45) is -0.677. The van der Waals surface area contributed by atoms with E-state index in [2.05, 4.69) is 10.6 Å². The standard InChI is InChI=1S/C6H16N2O5S/c9-3-1-7-6(8-2-4-10)5-14(11,12)13/h6-10H,1-5H2,(H,11,12,13). The van der Waals surface area contributed by atoms with Crippen molar-refractivity contribution in [3.63, 3.8) is 0 Å². The number of rotatable bonds is 8. The highest BCUT2D eigenvalue weighted by Crippen LogP contribution is 1.87. The van der Waals surface area contributed by atoms with Crippen LogP contribution in [-0.2, 0) is 10.1 Å². The molecule has 0 aromatic carbocycles. The summed E-state index contributed by atoms with van der Waals surface area (Å²) in [5.74, 6) is -0.507. The molecule has 0 atom stereocenters. The van der Waals surface area contributed by atoms with Crippen LogP contribution in [0.5, 0.6) is 0 Å². The van der Waals surface area contributed by atoms with Gasteiger partial charge in [-0.3, -0.25) is 15.2 Å². The van der Waals surface area contributed by atoms with Gasteiger partial charge >= 0.3 is 0 Å². The Morgan fingerprint density at radius 2 is 1.50 bits per heavy atom. The molecule has 7 nitrogen and oxygen atoms in total. The van der Waals surface area contributed by atoms with E-state index in [1.807, 2.05) is 0 Å². The molecule has 5 N–H and O–H groups in total. The highest BCUT2D eigenvalue weighted by Gasteiger charge is 2.14. The maximum atomic E-state index is 10.5. The van der Waals surface area contributed by atoms with Gasteiger partial charge in [0.2, 0.25) is 0 Å². The monoisotopic (exact) mass is 228 g/mol. The maximum absolute atomic E-state index is 10.5. The van der Waals surface area contributed by atoms with Crippen LogP contribution in [0.3, 0.4) is 0 Å². The van der Waals surface area contributed by atoms with Crippen LogP contribution >= 0.6 is 0 Å². The number of aliphatic hydroxyl groups excluding tert-OH is 2. The Hall–Kier alpha value is -0.250. The molecule has 0 bridgehead atoms. The van der Waals surface area contributed by atoms with E-state index in [1.54, 1.807) is 0 Å². The van der Waals surface area contributed by atoms with Gasteiger partial charge in [-0.15, -0.1) is 0 Å². The molecule has 0 saturated heterocycles. The normalized spacial score (nSPS) is 12.3. The summed E-state index contributed by atoms with van der Waals surface area (Å²) in [5, 5.41) is 22.3. The number of aliphatic hydroxyl groups is 2. The molecule has 0 unspecified atom stereocenters. The van der Waals surface area contributed by atoms with E-state index in [-0.39, 0.29) is 26.3 Å². The van der Waals surface area contributed by atoms with E-state index in [0.29, 0.717) is 0 Å². The Morgan fingerprint density at radius 1 is 1.07 bits per heavy atom. The minimum atomic E-state index is -4.07. The van der Waals surface area contributed by atoms with Crippen molar-refractivity contribution in [2.75, 3.05) is 32.1 Å². The summed E-state index contributed by atoms with van der Waals surface area (Å²) in [4.78, 5) is 0. The van der Waals surface area contributed by atoms with Crippen molar-refractivity contribution in [2.24, 2.45) is 0 Å². The second-order valence-corrected chi connectivity index (χ2v) is 4.15. The van der Waals surface area contributed by atoms with Crippen molar-refractivity contribution in [3.05, 3.63) is 0 Å². The zero-order chi connectivity index (χ0) is 11.0. The van der Waals surface area contributed by atoms with Gasteiger partial charge in [0.25, 0.3) is 10.1 Å². The van der Waals surface area contributed by atoms with Gasteiger partial charge in [-0.2, -0.15) is 8.42 Å². The van der Waals surface area contributed by atoms with Crippen molar-refractivity contribution in [1.29, 1.82) is 0 Å². The van der Waals surface area contributed by atoms with E-state index < -0.39 is 22.0 Å². The smallest absolute Gasteiger partial charge is 0.267 e. The van der Waals surface area contributed by atoms with Crippen LogP contribution in [0.1, 0.15) is 0 Å². The first-order valence-corrected chi connectivity index (χ1v) is 5.74. The van der Waals surface area contributed by atoms with E-state index >= 15 is 0 Å². The first kappa shape index (κ1) is 13.8. The summed E-state index contributed by atoms with van der Waals surface area (Å²) in [6.45, 7) is 0.142. The molecule has 0 aliphatic carbocycles. The summed E-state index contributed by atoms with van der Waals surface area (Å²) < 4.78 is 29.6. The van der Waals surface area contributed by atoms with Crippen molar-refractivity contribution in [2.45, 2.75) is 6.17 Å². The fourth-order valence-corrected chi connectivity index (χ4v) is 1.54. The lowest BCUT2D eigenvalue weighted by atomic mass is 10.5. The molecule has 0 fully saturated rings. The van der Waals surface area contributed by atoms with Gasteiger partial charge in [0.05, 0.1) is 19.4 Å². The number of hydrogen-bond donors (Lipinski definition) is 5. The summed E-state index contributed by atoms with van der Waals surface area (Å²) in [5.41, 5.74) is 0. The van der Waals surface area contributed by atoms with Gasteiger partial charge in [-0.05, 0) is 0 Å². The lowest BCUT2D eigenvalue weighted by Gasteiger charge is -2.17. The SMILES string of the molecule is O=S(=O)(O)CC(NCCO)NCCO. The van der Waals surface area contributed by atoms with Gasteiger partial charge in [-0.1, -0.05) is 0 Å². The molecule has 14 heavy (non-hydrogen) atoms. The molecule has 0 aliphatic rings. The Balaban J connectivity index is 3.96. The van der Waals surface area contributed by atoms with Gasteiger partial charge in [-0.25, -0.2) is 0 Å². The van der Waals surface area contributed by atoms with Crippen LogP contribution in [0.4, 0.5) is 0 Å². The molecule has 0 heterocycles. The Kier molecular flexibility index (Phi) is 6.97.